The molecule has 0 saturated carbocycles. The summed E-state index contributed by atoms with van der Waals surface area (Å²) < 4.78 is 6.40. The molecule has 2 N–H and O–H groups in total. The van der Waals surface area contributed by atoms with Crippen LogP contribution in [0.5, 0.6) is 0 Å². The summed E-state index contributed by atoms with van der Waals surface area (Å²) in [6.45, 7) is 2.31. The van der Waals surface area contributed by atoms with Crippen molar-refractivity contribution >= 4 is 39.0 Å². The number of aryl methyl sites for hydroxylation is 1. The first-order valence-corrected chi connectivity index (χ1v) is 7.15. The van der Waals surface area contributed by atoms with E-state index in [1.54, 1.807) is 18.3 Å². The molecule has 1 unspecified atom stereocenters. The van der Waals surface area contributed by atoms with Gasteiger partial charge in [-0.3, -0.25) is 0 Å². The van der Waals surface area contributed by atoms with E-state index in [1.807, 2.05) is 5.38 Å². The van der Waals surface area contributed by atoms with E-state index in [1.165, 1.54) is 16.6 Å². The van der Waals surface area contributed by atoms with E-state index in [2.05, 4.69) is 32.2 Å². The number of hydrogen-bond acceptors (Lipinski definition) is 6. The Morgan fingerprint density at radius 2 is 2.44 bits per heavy atom. The molecule has 0 aliphatic carbocycles. The van der Waals surface area contributed by atoms with Gasteiger partial charge in [-0.1, -0.05) is 11.8 Å². The molecule has 0 aliphatic rings. The number of nitrogens with zero attached hydrogens (tertiary/aromatic N) is 2. The van der Waals surface area contributed by atoms with Gasteiger partial charge in [0.15, 0.2) is 0 Å². The van der Waals surface area contributed by atoms with E-state index in [-0.39, 0.29) is 5.25 Å². The van der Waals surface area contributed by atoms with Crippen LogP contribution in [0.3, 0.4) is 0 Å². The van der Waals surface area contributed by atoms with Crippen molar-refractivity contribution in [2.45, 2.75) is 17.4 Å². The molecule has 2 heterocycles. The number of rotatable bonds is 4. The van der Waals surface area contributed by atoms with Gasteiger partial charge in [-0.05, 0) is 22.0 Å². The summed E-state index contributed by atoms with van der Waals surface area (Å²) in [6.07, 6.45) is 0. The van der Waals surface area contributed by atoms with Gasteiger partial charge >= 0.3 is 0 Å². The van der Waals surface area contributed by atoms with E-state index in [0.29, 0.717) is 17.7 Å². The minimum absolute atomic E-state index is 0.163. The fourth-order valence-electron chi connectivity index (χ4n) is 1.17. The van der Waals surface area contributed by atoms with Crippen molar-refractivity contribution in [3.8, 4) is 0 Å². The zero-order chi connectivity index (χ0) is 11.5. The molecule has 2 aromatic rings. The molecule has 0 saturated heterocycles. The van der Waals surface area contributed by atoms with Crippen LogP contribution in [-0.4, -0.2) is 16.7 Å². The van der Waals surface area contributed by atoms with E-state index in [4.69, 9.17) is 10.2 Å². The van der Waals surface area contributed by atoms with Gasteiger partial charge in [-0.2, -0.15) is 0 Å². The number of halogens is 1. The van der Waals surface area contributed by atoms with E-state index < -0.39 is 0 Å². The molecule has 0 fully saturated rings. The fourth-order valence-corrected chi connectivity index (χ4v) is 3.70. The topological polar surface area (TPSA) is 64.9 Å². The van der Waals surface area contributed by atoms with Crippen LogP contribution < -0.4 is 5.73 Å². The predicted octanol–water partition coefficient (Wildman–Crippen LogP) is 2.99. The summed E-state index contributed by atoms with van der Waals surface area (Å²) in [5.41, 5.74) is 5.75. The first-order valence-electron chi connectivity index (χ1n) is 4.60. The molecular formula is C9H10BrN3OS2. The second-order valence-electron chi connectivity index (χ2n) is 3.10. The van der Waals surface area contributed by atoms with Crippen molar-refractivity contribution in [2.24, 2.45) is 5.73 Å². The molecule has 16 heavy (non-hydrogen) atoms. The van der Waals surface area contributed by atoms with Gasteiger partial charge in [0.05, 0.1) is 5.25 Å². The molecule has 2 rings (SSSR count). The normalized spacial score (nSPS) is 12.9. The van der Waals surface area contributed by atoms with E-state index >= 15 is 0 Å². The molecule has 4 nitrogen and oxygen atoms in total. The molecule has 0 aromatic carbocycles. The van der Waals surface area contributed by atoms with Crippen LogP contribution >= 0.6 is 39.0 Å². The zero-order valence-electron chi connectivity index (χ0n) is 8.51. The van der Waals surface area contributed by atoms with Crippen LogP contribution in [0.25, 0.3) is 0 Å². The number of nitrogens with two attached hydrogens (primary N) is 1. The lowest BCUT2D eigenvalue weighted by Crippen LogP contribution is -2.07. The van der Waals surface area contributed by atoms with Crippen LogP contribution in [0.15, 0.2) is 25.6 Å². The minimum atomic E-state index is 0.163. The van der Waals surface area contributed by atoms with Crippen molar-refractivity contribution in [3.05, 3.63) is 26.7 Å². The quantitative estimate of drug-likeness (QED) is 0.877. The number of thiophene rings is 1. The highest BCUT2D eigenvalue weighted by Crippen LogP contribution is 2.37. The number of aromatic nitrogens is 2. The highest BCUT2D eigenvalue weighted by molar-refractivity contribution is 9.10. The predicted molar refractivity (Wildman–Crippen MR) is 68.7 cm³/mol. The second kappa shape index (κ2) is 5.31. The van der Waals surface area contributed by atoms with Crippen molar-refractivity contribution in [3.63, 3.8) is 0 Å². The Kier molecular flexibility index (Phi) is 4.01. The average Bonchev–Trinajstić information content (AvgIpc) is 2.84. The largest absolute Gasteiger partial charge is 0.416 e. The lowest BCUT2D eigenvalue weighted by Gasteiger charge is -2.08. The summed E-state index contributed by atoms with van der Waals surface area (Å²) in [5, 5.41) is 10.5. The van der Waals surface area contributed by atoms with Crippen LogP contribution in [0.4, 0.5) is 0 Å². The number of thioether (sulfide) groups is 1. The van der Waals surface area contributed by atoms with Crippen LogP contribution in [0, 0.1) is 6.92 Å². The third-order valence-electron chi connectivity index (χ3n) is 1.87. The zero-order valence-corrected chi connectivity index (χ0v) is 11.7. The third-order valence-corrected chi connectivity index (χ3v) is 4.92. The Bertz CT molecular complexity index is 471. The molecule has 7 heteroatoms. The highest BCUT2D eigenvalue weighted by Gasteiger charge is 2.17. The SMILES string of the molecule is Cc1nnc(SC(CN)c2cc(Br)cs2)o1. The van der Waals surface area contributed by atoms with E-state index in [9.17, 15) is 0 Å². The average molecular weight is 320 g/mol. The summed E-state index contributed by atoms with van der Waals surface area (Å²) in [5.74, 6) is 0.575. The molecule has 0 radical (unpaired) electrons. The second-order valence-corrected chi connectivity index (χ2v) is 6.11. The number of hydrogen-bond donors (Lipinski definition) is 1. The van der Waals surface area contributed by atoms with Gasteiger partial charge in [0.1, 0.15) is 0 Å². The van der Waals surface area contributed by atoms with Crippen molar-refractivity contribution < 1.29 is 4.42 Å². The Hall–Kier alpha value is -0.370. The van der Waals surface area contributed by atoms with Crippen LogP contribution in [0.2, 0.25) is 0 Å². The Morgan fingerprint density at radius 3 is 2.94 bits per heavy atom. The Balaban J connectivity index is 2.12. The lowest BCUT2D eigenvalue weighted by molar-refractivity contribution is 0.428. The molecule has 1 atom stereocenters. The summed E-state index contributed by atoms with van der Waals surface area (Å²) in [7, 11) is 0. The molecule has 86 valence electrons. The van der Waals surface area contributed by atoms with Crippen LogP contribution in [-0.2, 0) is 0 Å². The molecule has 0 aliphatic heterocycles. The smallest absolute Gasteiger partial charge is 0.277 e. The lowest BCUT2D eigenvalue weighted by atomic mass is 10.3. The minimum Gasteiger partial charge on any atom is -0.416 e. The maximum absolute atomic E-state index is 5.75. The van der Waals surface area contributed by atoms with Gasteiger partial charge < -0.3 is 10.2 Å². The summed E-state index contributed by atoms with van der Waals surface area (Å²) in [4.78, 5) is 1.20. The van der Waals surface area contributed by atoms with Gasteiger partial charge in [0.2, 0.25) is 5.89 Å². The standard InChI is InChI=1S/C9H10BrN3OS2/c1-5-12-13-9(14-5)16-8(3-11)7-2-6(10)4-15-7/h2,4,8H,3,11H2,1H3. The molecular weight excluding hydrogens is 310 g/mol. The maximum Gasteiger partial charge on any atom is 0.277 e. The third kappa shape index (κ3) is 2.85. The fraction of sp³-hybridized carbons (Fsp3) is 0.333. The monoisotopic (exact) mass is 319 g/mol. The molecule has 0 spiro atoms. The molecule has 2 aromatic heterocycles. The first-order chi connectivity index (χ1) is 7.69. The Morgan fingerprint density at radius 1 is 1.62 bits per heavy atom. The van der Waals surface area contributed by atoms with Gasteiger partial charge in [-0.15, -0.1) is 21.5 Å². The molecule has 0 amide bonds. The van der Waals surface area contributed by atoms with Gasteiger partial charge in [0, 0.05) is 28.2 Å². The Labute approximate surface area is 110 Å². The van der Waals surface area contributed by atoms with Crippen molar-refractivity contribution in [2.75, 3.05) is 6.54 Å². The van der Waals surface area contributed by atoms with Crippen LogP contribution in [0.1, 0.15) is 16.0 Å². The van der Waals surface area contributed by atoms with Gasteiger partial charge in [0.25, 0.3) is 5.22 Å². The summed E-state index contributed by atoms with van der Waals surface area (Å²) in [6, 6.07) is 2.07. The van der Waals surface area contributed by atoms with E-state index in [0.717, 1.165) is 4.47 Å². The maximum atomic E-state index is 5.75. The van der Waals surface area contributed by atoms with Crippen molar-refractivity contribution in [1.82, 2.24) is 10.2 Å². The molecule has 0 bridgehead atoms. The van der Waals surface area contributed by atoms with Gasteiger partial charge in [-0.25, -0.2) is 0 Å². The highest BCUT2D eigenvalue weighted by atomic mass is 79.9. The first kappa shape index (κ1) is 12.1. The van der Waals surface area contributed by atoms with Crippen molar-refractivity contribution in [1.29, 1.82) is 0 Å². The summed E-state index contributed by atoms with van der Waals surface area (Å²) >= 11 is 6.60.